The molecule has 5 nitrogen and oxygen atoms in total. The fraction of sp³-hybridized carbons (Fsp3) is 0.250. The second-order valence-corrected chi connectivity index (χ2v) is 7.42. The van der Waals surface area contributed by atoms with E-state index < -0.39 is 5.79 Å². The van der Waals surface area contributed by atoms with Crippen LogP contribution in [0.3, 0.4) is 0 Å². The molecule has 0 bridgehead atoms. The molecule has 1 fully saturated rings. The largest absolute Gasteiger partial charge is 0.440 e. The summed E-state index contributed by atoms with van der Waals surface area (Å²) >= 11 is 0. The van der Waals surface area contributed by atoms with Crippen molar-refractivity contribution in [3.63, 3.8) is 0 Å². The lowest BCUT2D eigenvalue weighted by molar-refractivity contribution is -0.0459. The number of hydrogen-bond donors (Lipinski definition) is 0. The summed E-state index contributed by atoms with van der Waals surface area (Å²) < 4.78 is 12.7. The fourth-order valence-electron chi connectivity index (χ4n) is 4.00. The summed E-state index contributed by atoms with van der Waals surface area (Å²) in [5.74, 6) is -0.0757. The van der Waals surface area contributed by atoms with Crippen molar-refractivity contribution in [1.82, 2.24) is 9.88 Å². The van der Waals surface area contributed by atoms with Gasteiger partial charge in [0, 0.05) is 30.3 Å². The molecule has 0 atom stereocenters. The van der Waals surface area contributed by atoms with Gasteiger partial charge in [-0.1, -0.05) is 60.7 Å². The molecule has 1 saturated heterocycles. The number of hydrogen-bond acceptors (Lipinski definition) is 4. The van der Waals surface area contributed by atoms with Crippen LogP contribution in [0.15, 0.2) is 72.9 Å². The minimum absolute atomic E-state index is 0.0481. The topological polar surface area (TPSA) is 51.7 Å². The van der Waals surface area contributed by atoms with Crippen LogP contribution in [0.2, 0.25) is 0 Å². The highest BCUT2D eigenvalue weighted by Crippen LogP contribution is 2.47. The van der Waals surface area contributed by atoms with Crippen molar-refractivity contribution in [2.75, 3.05) is 13.1 Å². The summed E-state index contributed by atoms with van der Waals surface area (Å²) in [5.41, 5.74) is 2.16. The molecule has 0 N–H and O–H groups in total. The third-order valence-corrected chi connectivity index (χ3v) is 5.51. The zero-order chi connectivity index (χ0) is 19.7. The molecule has 29 heavy (non-hydrogen) atoms. The predicted molar refractivity (Wildman–Crippen MR) is 109 cm³/mol. The number of nitrogens with zero attached hydrogens (tertiary/aromatic N) is 2. The summed E-state index contributed by atoms with van der Waals surface area (Å²) in [5, 5.41) is 0. The maximum Gasteiger partial charge on any atom is 0.305 e. The zero-order valence-corrected chi connectivity index (χ0v) is 16.1. The van der Waals surface area contributed by atoms with Crippen LogP contribution in [-0.4, -0.2) is 28.9 Å². The van der Waals surface area contributed by atoms with E-state index in [1.54, 1.807) is 12.3 Å². The van der Waals surface area contributed by atoms with Crippen LogP contribution in [0.5, 0.6) is 11.5 Å². The number of benzene rings is 2. The molecule has 2 aliphatic heterocycles. The van der Waals surface area contributed by atoms with Crippen LogP contribution >= 0.6 is 0 Å². The summed E-state index contributed by atoms with van der Waals surface area (Å²) in [7, 11) is 0. The zero-order valence-electron chi connectivity index (χ0n) is 16.1. The van der Waals surface area contributed by atoms with Crippen molar-refractivity contribution in [2.24, 2.45) is 0 Å². The molecule has 1 amide bonds. The molecule has 0 saturated carbocycles. The van der Waals surface area contributed by atoms with Gasteiger partial charge in [-0.05, 0) is 19.3 Å². The lowest BCUT2D eigenvalue weighted by Crippen LogP contribution is -2.36. The number of carbonyl (C=O) groups excluding carboxylic acids is 1. The number of likely N-dealkylation sites (tertiary alicyclic amines) is 1. The minimum Gasteiger partial charge on any atom is -0.440 e. The standard InChI is InChI=1S/C24H22N2O3/c27-23(26-14-8-3-9-15-26)20-16-21-22(17-25-20)29-24(28-21,18-10-4-1-5-11-18)19-12-6-2-7-13-19/h1-2,4-7,10-13,16-17H,3,8-9,14-15H2. The molecule has 2 aliphatic rings. The van der Waals surface area contributed by atoms with E-state index in [0.717, 1.165) is 37.1 Å². The first-order chi connectivity index (χ1) is 14.3. The number of fused-ring (bicyclic) bond motifs is 1. The van der Waals surface area contributed by atoms with Crippen molar-refractivity contribution in [1.29, 1.82) is 0 Å². The molecule has 0 unspecified atom stereocenters. The van der Waals surface area contributed by atoms with E-state index in [2.05, 4.69) is 4.98 Å². The average Bonchev–Trinajstić information content (AvgIpc) is 3.20. The molecule has 5 heteroatoms. The van der Waals surface area contributed by atoms with E-state index in [4.69, 9.17) is 9.47 Å². The van der Waals surface area contributed by atoms with Gasteiger partial charge in [0.15, 0.2) is 11.5 Å². The lowest BCUT2D eigenvalue weighted by atomic mass is 9.97. The molecule has 3 aromatic rings. The third-order valence-electron chi connectivity index (χ3n) is 5.51. The van der Waals surface area contributed by atoms with Gasteiger partial charge >= 0.3 is 5.79 Å². The Kier molecular flexibility index (Phi) is 4.43. The average molecular weight is 386 g/mol. The van der Waals surface area contributed by atoms with E-state index in [0.29, 0.717) is 17.2 Å². The van der Waals surface area contributed by atoms with Crippen molar-refractivity contribution >= 4 is 5.91 Å². The fourth-order valence-corrected chi connectivity index (χ4v) is 4.00. The Morgan fingerprint density at radius 3 is 2.03 bits per heavy atom. The molecular formula is C24H22N2O3. The van der Waals surface area contributed by atoms with Crippen LogP contribution in [0.1, 0.15) is 40.9 Å². The molecule has 5 rings (SSSR count). The van der Waals surface area contributed by atoms with Gasteiger partial charge in [0.1, 0.15) is 5.69 Å². The van der Waals surface area contributed by atoms with Crippen molar-refractivity contribution in [2.45, 2.75) is 25.0 Å². The highest BCUT2D eigenvalue weighted by Gasteiger charge is 2.45. The number of aromatic nitrogens is 1. The van der Waals surface area contributed by atoms with Crippen molar-refractivity contribution in [3.8, 4) is 11.5 Å². The Labute approximate surface area is 169 Å². The van der Waals surface area contributed by atoms with Gasteiger partial charge < -0.3 is 14.4 Å². The Hall–Kier alpha value is -3.34. The van der Waals surface area contributed by atoms with Crippen LogP contribution in [0.25, 0.3) is 0 Å². The van der Waals surface area contributed by atoms with E-state index in [9.17, 15) is 4.79 Å². The summed E-state index contributed by atoms with van der Waals surface area (Å²) in [4.78, 5) is 19.1. The molecule has 146 valence electrons. The van der Waals surface area contributed by atoms with E-state index in [-0.39, 0.29) is 5.91 Å². The smallest absolute Gasteiger partial charge is 0.305 e. The first-order valence-corrected chi connectivity index (χ1v) is 10.0. The normalized spacial score (nSPS) is 17.2. The monoisotopic (exact) mass is 386 g/mol. The second-order valence-electron chi connectivity index (χ2n) is 7.42. The number of pyridine rings is 1. The van der Waals surface area contributed by atoms with E-state index >= 15 is 0 Å². The molecule has 0 spiro atoms. The van der Waals surface area contributed by atoms with E-state index in [1.165, 1.54) is 6.42 Å². The molecule has 2 aromatic carbocycles. The van der Waals surface area contributed by atoms with Gasteiger partial charge in [-0.25, -0.2) is 4.98 Å². The predicted octanol–water partition coefficient (Wildman–Crippen LogP) is 4.38. The second kappa shape index (κ2) is 7.24. The maximum atomic E-state index is 12.9. The first-order valence-electron chi connectivity index (χ1n) is 10.0. The van der Waals surface area contributed by atoms with E-state index in [1.807, 2.05) is 65.6 Å². The maximum absolute atomic E-state index is 12.9. The van der Waals surface area contributed by atoms with Gasteiger partial charge in [0.2, 0.25) is 0 Å². The number of piperidine rings is 1. The van der Waals surface area contributed by atoms with Crippen molar-refractivity contribution in [3.05, 3.63) is 89.7 Å². The summed E-state index contributed by atoms with van der Waals surface area (Å²) in [6.07, 6.45) is 4.86. The van der Waals surface area contributed by atoms with Crippen LogP contribution in [-0.2, 0) is 5.79 Å². The quantitative estimate of drug-likeness (QED) is 0.670. The van der Waals surface area contributed by atoms with Gasteiger partial charge in [-0.2, -0.15) is 0 Å². The number of carbonyl (C=O) groups is 1. The third kappa shape index (κ3) is 3.12. The van der Waals surface area contributed by atoms with Gasteiger partial charge in [0.25, 0.3) is 5.91 Å². The van der Waals surface area contributed by atoms with Crippen LogP contribution in [0, 0.1) is 0 Å². The van der Waals surface area contributed by atoms with Gasteiger partial charge in [-0.3, -0.25) is 4.79 Å². The highest BCUT2D eigenvalue weighted by molar-refractivity contribution is 5.93. The lowest BCUT2D eigenvalue weighted by Gasteiger charge is -2.28. The van der Waals surface area contributed by atoms with Crippen LogP contribution in [0.4, 0.5) is 0 Å². The van der Waals surface area contributed by atoms with Crippen molar-refractivity contribution < 1.29 is 14.3 Å². The molecular weight excluding hydrogens is 364 g/mol. The Morgan fingerprint density at radius 1 is 0.828 bits per heavy atom. The SMILES string of the molecule is O=C(c1cc2c(cn1)OC(c1ccccc1)(c1ccccc1)O2)N1CCCCC1. The Bertz CT molecular complexity index is 975. The Balaban J connectivity index is 1.52. The van der Waals surface area contributed by atoms with Crippen LogP contribution < -0.4 is 9.47 Å². The molecule has 1 aromatic heterocycles. The molecule has 0 radical (unpaired) electrons. The first kappa shape index (κ1) is 17.7. The summed E-state index contributed by atoms with van der Waals surface area (Å²) in [6, 6.07) is 21.4. The minimum atomic E-state index is -1.10. The number of amides is 1. The molecule has 3 heterocycles. The van der Waals surface area contributed by atoms with Gasteiger partial charge in [-0.15, -0.1) is 0 Å². The molecule has 0 aliphatic carbocycles. The highest BCUT2D eigenvalue weighted by atomic mass is 16.7. The Morgan fingerprint density at radius 2 is 1.41 bits per heavy atom. The summed E-state index contributed by atoms with van der Waals surface area (Å²) in [6.45, 7) is 1.57. The van der Waals surface area contributed by atoms with Gasteiger partial charge in [0.05, 0.1) is 6.20 Å². The number of rotatable bonds is 3. The number of ether oxygens (including phenoxy) is 2.